The summed E-state index contributed by atoms with van der Waals surface area (Å²) in [5.74, 6) is 1.02. The molecular formula is C21H34IN3O2. The van der Waals surface area contributed by atoms with Gasteiger partial charge in [0, 0.05) is 39.9 Å². The number of methoxy groups -OCH3 is 1. The fourth-order valence-corrected chi connectivity index (χ4v) is 2.95. The normalized spacial score (nSPS) is 14.5. The predicted octanol–water partition coefficient (Wildman–Crippen LogP) is 3.80. The summed E-state index contributed by atoms with van der Waals surface area (Å²) in [7, 11) is 1.69. The highest BCUT2D eigenvalue weighted by atomic mass is 127. The van der Waals surface area contributed by atoms with Crippen LogP contribution in [0.4, 0.5) is 0 Å². The maximum absolute atomic E-state index is 5.49. The van der Waals surface area contributed by atoms with Crippen LogP contribution in [0.2, 0.25) is 0 Å². The topological polar surface area (TPSA) is 46.1 Å². The van der Waals surface area contributed by atoms with E-state index in [1.54, 1.807) is 7.11 Å². The average molecular weight is 487 g/mol. The first-order valence-electron chi connectivity index (χ1n) is 9.69. The molecule has 0 bridgehead atoms. The predicted molar refractivity (Wildman–Crippen MR) is 124 cm³/mol. The van der Waals surface area contributed by atoms with Gasteiger partial charge in [0.2, 0.25) is 0 Å². The second-order valence-corrected chi connectivity index (χ2v) is 6.34. The maximum Gasteiger partial charge on any atom is 0.194 e. The van der Waals surface area contributed by atoms with E-state index in [0.717, 1.165) is 58.0 Å². The second-order valence-electron chi connectivity index (χ2n) is 6.34. The minimum atomic E-state index is 0. The summed E-state index contributed by atoms with van der Waals surface area (Å²) in [6.45, 7) is 7.88. The molecule has 0 radical (unpaired) electrons. The van der Waals surface area contributed by atoms with Crippen LogP contribution in [0.15, 0.2) is 41.4 Å². The lowest BCUT2D eigenvalue weighted by atomic mass is 10.00. The molecular weight excluding hydrogens is 453 g/mol. The fraction of sp³-hybridized carbons (Fsp3) is 0.571. The summed E-state index contributed by atoms with van der Waals surface area (Å²) >= 11 is 0. The highest BCUT2D eigenvalue weighted by Gasteiger charge is 2.15. The fourth-order valence-electron chi connectivity index (χ4n) is 2.95. The van der Waals surface area contributed by atoms with E-state index in [1.165, 1.54) is 11.1 Å². The molecule has 0 amide bonds. The molecule has 5 nitrogen and oxygen atoms in total. The molecule has 1 aromatic carbocycles. The van der Waals surface area contributed by atoms with Gasteiger partial charge in [0.05, 0.1) is 13.2 Å². The number of nitrogens with one attached hydrogen (secondary N) is 1. The first-order chi connectivity index (χ1) is 12.8. The van der Waals surface area contributed by atoms with Gasteiger partial charge >= 0.3 is 0 Å². The zero-order valence-corrected chi connectivity index (χ0v) is 19.0. The number of aliphatic imine (C=N–C) groups is 1. The smallest absolute Gasteiger partial charge is 0.194 e. The van der Waals surface area contributed by atoms with Crippen LogP contribution in [-0.4, -0.2) is 64.0 Å². The van der Waals surface area contributed by atoms with Gasteiger partial charge in [-0.3, -0.25) is 4.99 Å². The monoisotopic (exact) mass is 487 g/mol. The standard InChI is InChI=1S/C21H33N3O2.HI/c1-3-22-21(23-13-7-8-16-26-18-17-25-2)24-14-11-20(12-15-24)19-9-5-4-6-10-19;/h4-6,9-11H,3,7-8,12-18H2,1-2H3,(H,22,23);1H. The van der Waals surface area contributed by atoms with E-state index in [4.69, 9.17) is 14.5 Å². The van der Waals surface area contributed by atoms with Crippen LogP contribution >= 0.6 is 24.0 Å². The summed E-state index contributed by atoms with van der Waals surface area (Å²) < 4.78 is 10.5. The van der Waals surface area contributed by atoms with Crippen molar-refractivity contribution in [1.29, 1.82) is 0 Å². The van der Waals surface area contributed by atoms with Crippen LogP contribution in [0.25, 0.3) is 5.57 Å². The zero-order valence-electron chi connectivity index (χ0n) is 16.7. The SMILES string of the molecule is CCNC(=NCCCCOCCOC)N1CC=C(c2ccccc2)CC1.I. The van der Waals surface area contributed by atoms with Crippen molar-refractivity contribution in [1.82, 2.24) is 10.2 Å². The first-order valence-corrected chi connectivity index (χ1v) is 9.69. The molecule has 1 heterocycles. The summed E-state index contributed by atoms with van der Waals surface area (Å²) in [4.78, 5) is 7.13. The molecule has 2 rings (SSSR count). The maximum atomic E-state index is 5.49. The van der Waals surface area contributed by atoms with E-state index >= 15 is 0 Å². The minimum absolute atomic E-state index is 0. The Morgan fingerprint density at radius 3 is 2.63 bits per heavy atom. The third-order valence-electron chi connectivity index (χ3n) is 4.38. The molecule has 1 aliphatic rings. The van der Waals surface area contributed by atoms with Crippen molar-refractivity contribution in [3.05, 3.63) is 42.0 Å². The summed E-state index contributed by atoms with van der Waals surface area (Å²) in [6.07, 6.45) is 5.46. The van der Waals surface area contributed by atoms with Crippen molar-refractivity contribution in [2.75, 3.05) is 53.1 Å². The summed E-state index contributed by atoms with van der Waals surface area (Å²) in [5, 5.41) is 3.42. The molecule has 27 heavy (non-hydrogen) atoms. The van der Waals surface area contributed by atoms with E-state index in [-0.39, 0.29) is 24.0 Å². The second kappa shape index (κ2) is 14.9. The van der Waals surface area contributed by atoms with Crippen LogP contribution < -0.4 is 5.32 Å². The Balaban J connectivity index is 0.00000364. The first kappa shape index (κ1) is 23.9. The lowest BCUT2D eigenvalue weighted by molar-refractivity contribution is 0.0690. The number of halogens is 1. The molecule has 0 unspecified atom stereocenters. The number of hydrogen-bond donors (Lipinski definition) is 1. The van der Waals surface area contributed by atoms with E-state index in [2.05, 4.69) is 53.5 Å². The molecule has 0 atom stereocenters. The molecule has 1 N–H and O–H groups in total. The molecule has 1 aliphatic heterocycles. The molecule has 0 saturated carbocycles. The highest BCUT2D eigenvalue weighted by Crippen LogP contribution is 2.21. The highest BCUT2D eigenvalue weighted by molar-refractivity contribution is 14.0. The average Bonchev–Trinajstić information content (AvgIpc) is 2.70. The van der Waals surface area contributed by atoms with Crippen molar-refractivity contribution >= 4 is 35.5 Å². The van der Waals surface area contributed by atoms with Crippen LogP contribution in [0.3, 0.4) is 0 Å². The zero-order chi connectivity index (χ0) is 18.5. The lowest BCUT2D eigenvalue weighted by Crippen LogP contribution is -2.43. The largest absolute Gasteiger partial charge is 0.382 e. The molecule has 6 heteroatoms. The van der Waals surface area contributed by atoms with Gasteiger partial charge in [-0.1, -0.05) is 36.4 Å². The molecule has 152 valence electrons. The van der Waals surface area contributed by atoms with Gasteiger partial charge in [-0.2, -0.15) is 0 Å². The number of ether oxygens (including phenoxy) is 2. The van der Waals surface area contributed by atoms with Crippen LogP contribution in [0.1, 0.15) is 31.7 Å². The quantitative estimate of drug-likeness (QED) is 0.236. The lowest BCUT2D eigenvalue weighted by Gasteiger charge is -2.30. The number of rotatable bonds is 10. The van der Waals surface area contributed by atoms with Gasteiger partial charge in [-0.05, 0) is 37.3 Å². The Labute approximate surface area is 181 Å². The van der Waals surface area contributed by atoms with E-state index in [1.807, 2.05) is 0 Å². The molecule has 0 saturated heterocycles. The molecule has 0 spiro atoms. The van der Waals surface area contributed by atoms with Crippen LogP contribution in [0, 0.1) is 0 Å². The summed E-state index contributed by atoms with van der Waals surface area (Å²) in [6, 6.07) is 10.7. The van der Waals surface area contributed by atoms with Gasteiger partial charge in [0.1, 0.15) is 0 Å². The Hall–Kier alpha value is -1.12. The van der Waals surface area contributed by atoms with Crippen LogP contribution in [-0.2, 0) is 9.47 Å². The van der Waals surface area contributed by atoms with Gasteiger partial charge in [-0.25, -0.2) is 0 Å². The van der Waals surface area contributed by atoms with Crippen molar-refractivity contribution in [3.8, 4) is 0 Å². The molecule has 0 fully saturated rings. The minimum Gasteiger partial charge on any atom is -0.382 e. The third kappa shape index (κ3) is 9.08. The van der Waals surface area contributed by atoms with Gasteiger partial charge < -0.3 is 19.7 Å². The number of nitrogens with zero attached hydrogens (tertiary/aromatic N) is 2. The number of guanidine groups is 1. The Morgan fingerprint density at radius 2 is 1.96 bits per heavy atom. The van der Waals surface area contributed by atoms with E-state index in [9.17, 15) is 0 Å². The molecule has 1 aromatic rings. The van der Waals surface area contributed by atoms with Crippen molar-refractivity contribution in [2.45, 2.75) is 26.2 Å². The Kier molecular flexibility index (Phi) is 13.2. The van der Waals surface area contributed by atoms with Crippen molar-refractivity contribution < 1.29 is 9.47 Å². The molecule has 0 aliphatic carbocycles. The Bertz CT molecular complexity index is 564. The van der Waals surface area contributed by atoms with Crippen molar-refractivity contribution in [3.63, 3.8) is 0 Å². The van der Waals surface area contributed by atoms with E-state index < -0.39 is 0 Å². The van der Waals surface area contributed by atoms with Crippen LogP contribution in [0.5, 0.6) is 0 Å². The number of unbranched alkanes of at least 4 members (excludes halogenated alkanes) is 1. The Morgan fingerprint density at radius 1 is 1.15 bits per heavy atom. The molecule has 0 aromatic heterocycles. The van der Waals surface area contributed by atoms with Gasteiger partial charge in [-0.15, -0.1) is 24.0 Å². The van der Waals surface area contributed by atoms with Gasteiger partial charge in [0.15, 0.2) is 5.96 Å². The number of hydrogen-bond acceptors (Lipinski definition) is 3. The number of benzene rings is 1. The van der Waals surface area contributed by atoms with Crippen molar-refractivity contribution in [2.24, 2.45) is 4.99 Å². The summed E-state index contributed by atoms with van der Waals surface area (Å²) in [5.41, 5.74) is 2.77. The van der Waals surface area contributed by atoms with Gasteiger partial charge in [0.25, 0.3) is 0 Å². The van der Waals surface area contributed by atoms with E-state index in [0.29, 0.717) is 13.2 Å². The third-order valence-corrected chi connectivity index (χ3v) is 4.38.